The van der Waals surface area contributed by atoms with Gasteiger partial charge in [-0.05, 0) is 18.4 Å². The number of aromatic nitrogens is 4. The Morgan fingerprint density at radius 2 is 2.19 bits per heavy atom. The summed E-state index contributed by atoms with van der Waals surface area (Å²) in [5.74, 6) is 0.624. The van der Waals surface area contributed by atoms with Crippen LogP contribution in [0.3, 0.4) is 0 Å². The predicted octanol–water partition coefficient (Wildman–Crippen LogP) is 2.52. The van der Waals surface area contributed by atoms with Crippen LogP contribution in [-0.4, -0.2) is 31.2 Å². The van der Waals surface area contributed by atoms with Crippen LogP contribution in [0.4, 0.5) is 11.5 Å². The summed E-state index contributed by atoms with van der Waals surface area (Å²) in [6, 6.07) is 1.83. The van der Waals surface area contributed by atoms with Gasteiger partial charge in [0.05, 0.1) is 10.6 Å². The van der Waals surface area contributed by atoms with Gasteiger partial charge in [0.15, 0.2) is 0 Å². The molecule has 2 rings (SSSR count). The molecule has 0 saturated heterocycles. The summed E-state index contributed by atoms with van der Waals surface area (Å²) >= 11 is 0. The van der Waals surface area contributed by atoms with Crippen molar-refractivity contribution in [3.05, 3.63) is 34.4 Å². The van der Waals surface area contributed by atoms with Crippen molar-refractivity contribution < 1.29 is 4.92 Å². The molecular weight excluding hydrogens is 272 g/mol. The van der Waals surface area contributed by atoms with Gasteiger partial charge in [-0.25, -0.2) is 14.6 Å². The highest BCUT2D eigenvalue weighted by Crippen LogP contribution is 2.27. The highest BCUT2D eigenvalue weighted by atomic mass is 16.6. The fourth-order valence-electron chi connectivity index (χ4n) is 1.84. The van der Waals surface area contributed by atoms with Crippen LogP contribution < -0.4 is 5.32 Å². The van der Waals surface area contributed by atoms with Crippen molar-refractivity contribution >= 4 is 11.5 Å². The summed E-state index contributed by atoms with van der Waals surface area (Å²) in [4.78, 5) is 18.9. The summed E-state index contributed by atoms with van der Waals surface area (Å²) < 4.78 is 1.42. The van der Waals surface area contributed by atoms with Crippen molar-refractivity contribution in [1.29, 1.82) is 0 Å². The number of rotatable bonds is 6. The minimum atomic E-state index is -0.482. The van der Waals surface area contributed by atoms with Gasteiger partial charge in [-0.3, -0.25) is 10.1 Å². The molecule has 2 aromatic heterocycles. The Morgan fingerprint density at radius 1 is 1.43 bits per heavy atom. The zero-order chi connectivity index (χ0) is 15.4. The fourth-order valence-corrected chi connectivity index (χ4v) is 1.84. The summed E-state index contributed by atoms with van der Waals surface area (Å²) in [7, 11) is 0. The first-order valence-corrected chi connectivity index (χ1v) is 6.83. The van der Waals surface area contributed by atoms with E-state index in [2.05, 4.69) is 20.4 Å². The van der Waals surface area contributed by atoms with Crippen LogP contribution in [0.15, 0.2) is 18.6 Å². The van der Waals surface area contributed by atoms with Gasteiger partial charge >= 0.3 is 5.69 Å². The number of nitrogens with zero attached hydrogens (tertiary/aromatic N) is 5. The van der Waals surface area contributed by atoms with Crippen molar-refractivity contribution in [2.24, 2.45) is 0 Å². The van der Waals surface area contributed by atoms with Crippen LogP contribution in [0.1, 0.15) is 38.8 Å². The Labute approximate surface area is 122 Å². The normalized spacial score (nSPS) is 10.9. The van der Waals surface area contributed by atoms with Gasteiger partial charge in [0.25, 0.3) is 0 Å². The van der Waals surface area contributed by atoms with Gasteiger partial charge in [0.2, 0.25) is 11.6 Å². The molecule has 112 valence electrons. The largest absolute Gasteiger partial charge is 0.364 e. The van der Waals surface area contributed by atoms with E-state index in [-0.39, 0.29) is 23.2 Å². The van der Waals surface area contributed by atoms with Crippen LogP contribution in [-0.2, 0) is 0 Å². The van der Waals surface area contributed by atoms with E-state index in [0.717, 1.165) is 12.1 Å². The molecule has 0 atom stereocenters. The topological polar surface area (TPSA) is 98.8 Å². The molecule has 0 fully saturated rings. The Balaban J connectivity index is 2.48. The zero-order valence-corrected chi connectivity index (χ0v) is 12.3. The molecule has 0 aliphatic carbocycles. The zero-order valence-electron chi connectivity index (χ0n) is 12.3. The second kappa shape index (κ2) is 6.29. The molecule has 1 N–H and O–H groups in total. The number of nitrogens with one attached hydrogen (secondary N) is 1. The average molecular weight is 290 g/mol. The molecule has 0 saturated carbocycles. The summed E-state index contributed by atoms with van der Waals surface area (Å²) in [6.45, 7) is 6.60. The molecule has 2 aromatic rings. The molecule has 0 aliphatic rings. The molecule has 21 heavy (non-hydrogen) atoms. The van der Waals surface area contributed by atoms with E-state index in [0.29, 0.717) is 6.54 Å². The lowest BCUT2D eigenvalue weighted by Crippen LogP contribution is -2.11. The van der Waals surface area contributed by atoms with E-state index in [9.17, 15) is 10.1 Å². The highest BCUT2D eigenvalue weighted by Gasteiger charge is 2.24. The molecular formula is C13H18N6O2. The summed E-state index contributed by atoms with van der Waals surface area (Å²) in [6.07, 6.45) is 3.82. The minimum absolute atomic E-state index is 0.163. The van der Waals surface area contributed by atoms with Gasteiger partial charge in [0, 0.05) is 12.7 Å². The van der Waals surface area contributed by atoms with E-state index in [1.54, 1.807) is 6.20 Å². The van der Waals surface area contributed by atoms with Gasteiger partial charge in [-0.2, -0.15) is 5.10 Å². The number of nitro groups is 1. The average Bonchev–Trinajstić information content (AvgIpc) is 2.94. The van der Waals surface area contributed by atoms with Gasteiger partial charge < -0.3 is 5.32 Å². The van der Waals surface area contributed by atoms with Crippen molar-refractivity contribution in [2.45, 2.75) is 33.1 Å². The Morgan fingerprint density at radius 3 is 2.76 bits per heavy atom. The van der Waals surface area contributed by atoms with Crippen LogP contribution in [0.25, 0.3) is 5.82 Å². The van der Waals surface area contributed by atoms with E-state index >= 15 is 0 Å². The fraction of sp³-hybridized carbons (Fsp3) is 0.462. The maximum Gasteiger partial charge on any atom is 0.355 e. The molecule has 8 nitrogen and oxygen atoms in total. The third-order valence-electron chi connectivity index (χ3n) is 2.95. The monoisotopic (exact) mass is 290 g/mol. The first-order valence-electron chi connectivity index (χ1n) is 6.83. The van der Waals surface area contributed by atoms with Crippen molar-refractivity contribution in [2.75, 3.05) is 11.9 Å². The Bertz CT molecular complexity index is 637. The first kappa shape index (κ1) is 14.9. The molecule has 0 unspecified atom stereocenters. The molecule has 2 heterocycles. The van der Waals surface area contributed by atoms with Crippen molar-refractivity contribution in [3.63, 3.8) is 0 Å². The van der Waals surface area contributed by atoms with Crippen molar-refractivity contribution in [3.8, 4) is 5.82 Å². The lowest BCUT2D eigenvalue weighted by Gasteiger charge is -2.07. The first-order chi connectivity index (χ1) is 10.0. The standard InChI is InChI=1S/C13H18N6O2/c1-4-6-14-12-11(19(20)21)13(16-8-15-12)18-7-5-10(17-18)9(2)3/h5,7-9H,4,6H2,1-3H3,(H,14,15,16). The molecule has 0 bridgehead atoms. The molecule has 8 heteroatoms. The lowest BCUT2D eigenvalue weighted by atomic mass is 10.1. The van der Waals surface area contributed by atoms with Crippen LogP contribution in [0, 0.1) is 10.1 Å². The van der Waals surface area contributed by atoms with E-state index < -0.39 is 4.92 Å². The van der Waals surface area contributed by atoms with Crippen molar-refractivity contribution in [1.82, 2.24) is 19.7 Å². The smallest absolute Gasteiger partial charge is 0.355 e. The minimum Gasteiger partial charge on any atom is -0.364 e. The van der Waals surface area contributed by atoms with E-state index in [4.69, 9.17) is 0 Å². The lowest BCUT2D eigenvalue weighted by molar-refractivity contribution is -0.384. The number of anilines is 1. The van der Waals surface area contributed by atoms with Crippen LogP contribution in [0.5, 0.6) is 0 Å². The highest BCUT2D eigenvalue weighted by molar-refractivity contribution is 5.63. The number of hydrogen-bond acceptors (Lipinski definition) is 6. The molecule has 0 amide bonds. The van der Waals surface area contributed by atoms with E-state index in [1.165, 1.54) is 11.0 Å². The molecule has 0 aromatic carbocycles. The second-order valence-corrected chi connectivity index (χ2v) is 4.92. The van der Waals surface area contributed by atoms with Crippen LogP contribution in [0.2, 0.25) is 0 Å². The predicted molar refractivity (Wildman–Crippen MR) is 78.7 cm³/mol. The Hall–Kier alpha value is -2.51. The van der Waals surface area contributed by atoms with Gasteiger partial charge in [-0.1, -0.05) is 20.8 Å². The summed E-state index contributed by atoms with van der Waals surface area (Å²) in [5.41, 5.74) is 0.690. The maximum atomic E-state index is 11.4. The van der Waals surface area contributed by atoms with E-state index in [1.807, 2.05) is 26.8 Å². The maximum absolute atomic E-state index is 11.4. The third-order valence-corrected chi connectivity index (χ3v) is 2.95. The van der Waals surface area contributed by atoms with Gasteiger partial charge in [-0.15, -0.1) is 0 Å². The van der Waals surface area contributed by atoms with Crippen LogP contribution >= 0.6 is 0 Å². The molecule has 0 spiro atoms. The quantitative estimate of drug-likeness (QED) is 0.648. The molecule has 0 radical (unpaired) electrons. The second-order valence-electron chi connectivity index (χ2n) is 4.92. The summed E-state index contributed by atoms with van der Waals surface area (Å²) in [5, 5.41) is 18.7. The molecule has 0 aliphatic heterocycles. The third kappa shape index (κ3) is 3.15. The Kier molecular flexibility index (Phi) is 4.46. The number of hydrogen-bond donors (Lipinski definition) is 1. The SMILES string of the molecule is CCCNc1ncnc(-n2ccc(C(C)C)n2)c1[N+](=O)[O-]. The van der Waals surface area contributed by atoms with Gasteiger partial charge in [0.1, 0.15) is 6.33 Å².